The van der Waals surface area contributed by atoms with Gasteiger partial charge >= 0.3 is 0 Å². The minimum absolute atomic E-state index is 0.173. The average molecular weight is 242 g/mol. The van der Waals surface area contributed by atoms with Gasteiger partial charge in [0.25, 0.3) is 5.91 Å². The first-order valence-corrected chi connectivity index (χ1v) is 6.13. The zero-order chi connectivity index (χ0) is 12.7. The standard InChI is InChI=1S/C11H22N4O2/c1-3-15(10-5-4-6-12-7-10)8-11(17)14-13-9(2)16/h10,12H,3-8H2,1-2H3,(H,13,16)(H,14,17). The lowest BCUT2D eigenvalue weighted by atomic mass is 10.1. The first-order chi connectivity index (χ1) is 8.13. The van der Waals surface area contributed by atoms with Gasteiger partial charge < -0.3 is 5.32 Å². The maximum atomic E-state index is 11.6. The third-order valence-corrected chi connectivity index (χ3v) is 2.92. The van der Waals surface area contributed by atoms with Gasteiger partial charge in [0.1, 0.15) is 0 Å². The Morgan fingerprint density at radius 1 is 1.41 bits per heavy atom. The first kappa shape index (κ1) is 13.9. The molecule has 0 radical (unpaired) electrons. The van der Waals surface area contributed by atoms with Crippen LogP contribution in [0.1, 0.15) is 26.7 Å². The summed E-state index contributed by atoms with van der Waals surface area (Å²) >= 11 is 0. The van der Waals surface area contributed by atoms with Crippen molar-refractivity contribution < 1.29 is 9.59 Å². The Hall–Kier alpha value is -1.14. The van der Waals surface area contributed by atoms with Gasteiger partial charge in [-0.1, -0.05) is 6.92 Å². The molecule has 1 rings (SSSR count). The number of hydrogen-bond donors (Lipinski definition) is 3. The lowest BCUT2D eigenvalue weighted by Crippen LogP contribution is -2.51. The predicted molar refractivity (Wildman–Crippen MR) is 65.1 cm³/mol. The number of nitrogens with zero attached hydrogens (tertiary/aromatic N) is 1. The second-order valence-corrected chi connectivity index (χ2v) is 4.29. The Balaban J connectivity index is 2.34. The molecule has 1 heterocycles. The summed E-state index contributed by atoms with van der Waals surface area (Å²) < 4.78 is 0. The minimum Gasteiger partial charge on any atom is -0.315 e. The molecule has 6 heteroatoms. The number of carbonyl (C=O) groups is 2. The van der Waals surface area contributed by atoms with Gasteiger partial charge in [-0.3, -0.25) is 25.3 Å². The molecule has 0 saturated carbocycles. The lowest BCUT2D eigenvalue weighted by molar-refractivity contribution is -0.128. The fourth-order valence-electron chi connectivity index (χ4n) is 2.03. The highest BCUT2D eigenvalue weighted by Crippen LogP contribution is 2.09. The van der Waals surface area contributed by atoms with Crippen LogP contribution in [-0.4, -0.2) is 48.9 Å². The summed E-state index contributed by atoms with van der Waals surface area (Å²) in [6, 6.07) is 0.414. The Morgan fingerprint density at radius 2 is 2.18 bits per heavy atom. The van der Waals surface area contributed by atoms with E-state index in [0.29, 0.717) is 12.6 Å². The highest BCUT2D eigenvalue weighted by atomic mass is 16.2. The summed E-state index contributed by atoms with van der Waals surface area (Å²) in [5, 5.41) is 3.33. The van der Waals surface area contributed by atoms with Crippen LogP contribution < -0.4 is 16.2 Å². The van der Waals surface area contributed by atoms with Crippen molar-refractivity contribution in [2.24, 2.45) is 0 Å². The van der Waals surface area contributed by atoms with Gasteiger partial charge in [0, 0.05) is 19.5 Å². The van der Waals surface area contributed by atoms with Crippen molar-refractivity contribution in [1.82, 2.24) is 21.1 Å². The SMILES string of the molecule is CCN(CC(=O)NNC(C)=O)C1CCCNC1. The summed E-state index contributed by atoms with van der Waals surface area (Å²) in [4.78, 5) is 24.4. The van der Waals surface area contributed by atoms with E-state index in [1.807, 2.05) is 6.92 Å². The molecule has 1 saturated heterocycles. The summed E-state index contributed by atoms with van der Waals surface area (Å²) in [5.74, 6) is -0.437. The molecule has 6 nitrogen and oxygen atoms in total. The Kier molecular flexibility index (Phi) is 5.93. The maximum absolute atomic E-state index is 11.6. The molecular formula is C11H22N4O2. The molecular weight excluding hydrogens is 220 g/mol. The number of carbonyl (C=O) groups excluding carboxylic acids is 2. The van der Waals surface area contributed by atoms with E-state index in [1.165, 1.54) is 6.92 Å². The molecule has 3 N–H and O–H groups in total. The smallest absolute Gasteiger partial charge is 0.252 e. The van der Waals surface area contributed by atoms with Crippen LogP contribution in [-0.2, 0) is 9.59 Å². The second kappa shape index (κ2) is 7.24. The van der Waals surface area contributed by atoms with E-state index in [4.69, 9.17) is 0 Å². The molecule has 0 aromatic carbocycles. The zero-order valence-electron chi connectivity index (χ0n) is 10.6. The fraction of sp³-hybridized carbons (Fsp3) is 0.818. The largest absolute Gasteiger partial charge is 0.315 e. The van der Waals surface area contributed by atoms with E-state index in [2.05, 4.69) is 21.1 Å². The molecule has 1 atom stereocenters. The number of nitrogens with one attached hydrogen (secondary N) is 3. The van der Waals surface area contributed by atoms with Crippen LogP contribution >= 0.6 is 0 Å². The van der Waals surface area contributed by atoms with E-state index < -0.39 is 0 Å². The third-order valence-electron chi connectivity index (χ3n) is 2.92. The molecule has 1 unspecified atom stereocenters. The summed E-state index contributed by atoms with van der Waals surface area (Å²) in [6.45, 7) is 6.56. The molecule has 1 aliphatic heterocycles. The van der Waals surface area contributed by atoms with Gasteiger partial charge in [-0.25, -0.2) is 0 Å². The first-order valence-electron chi connectivity index (χ1n) is 6.13. The fourth-order valence-corrected chi connectivity index (χ4v) is 2.03. The highest BCUT2D eigenvalue weighted by molar-refractivity contribution is 5.81. The maximum Gasteiger partial charge on any atom is 0.252 e. The third kappa shape index (κ3) is 5.14. The highest BCUT2D eigenvalue weighted by Gasteiger charge is 2.21. The Labute approximate surface area is 102 Å². The average Bonchev–Trinajstić information content (AvgIpc) is 2.34. The summed E-state index contributed by atoms with van der Waals surface area (Å²) in [6.07, 6.45) is 2.27. The number of rotatable bonds is 4. The molecule has 0 aromatic heterocycles. The molecule has 1 fully saturated rings. The van der Waals surface area contributed by atoms with Crippen molar-refractivity contribution in [2.45, 2.75) is 32.7 Å². The topological polar surface area (TPSA) is 73.5 Å². The molecule has 0 bridgehead atoms. The van der Waals surface area contributed by atoms with Crippen LogP contribution in [0.3, 0.4) is 0 Å². The van der Waals surface area contributed by atoms with Crippen molar-refractivity contribution in [3.05, 3.63) is 0 Å². The normalized spacial score (nSPS) is 20.1. The molecule has 0 aliphatic carbocycles. The number of amides is 2. The van der Waals surface area contributed by atoms with Crippen LogP contribution in [0.4, 0.5) is 0 Å². The van der Waals surface area contributed by atoms with Crippen LogP contribution in [0, 0.1) is 0 Å². The second-order valence-electron chi connectivity index (χ2n) is 4.29. The number of likely N-dealkylation sites (N-methyl/N-ethyl adjacent to an activating group) is 1. The van der Waals surface area contributed by atoms with Crippen molar-refractivity contribution in [2.75, 3.05) is 26.2 Å². The van der Waals surface area contributed by atoms with Gasteiger partial charge in [-0.15, -0.1) is 0 Å². The molecule has 0 spiro atoms. The summed E-state index contributed by atoms with van der Waals surface area (Å²) in [5.41, 5.74) is 4.68. The van der Waals surface area contributed by atoms with Gasteiger partial charge in [-0.2, -0.15) is 0 Å². The lowest BCUT2D eigenvalue weighted by Gasteiger charge is -2.33. The Morgan fingerprint density at radius 3 is 2.71 bits per heavy atom. The van der Waals surface area contributed by atoms with E-state index >= 15 is 0 Å². The van der Waals surface area contributed by atoms with Crippen molar-refractivity contribution in [3.8, 4) is 0 Å². The summed E-state index contributed by atoms with van der Waals surface area (Å²) in [7, 11) is 0. The van der Waals surface area contributed by atoms with Gasteiger partial charge in [0.15, 0.2) is 0 Å². The number of piperidine rings is 1. The van der Waals surface area contributed by atoms with Crippen LogP contribution in [0.15, 0.2) is 0 Å². The van der Waals surface area contributed by atoms with E-state index in [9.17, 15) is 9.59 Å². The van der Waals surface area contributed by atoms with Gasteiger partial charge in [0.05, 0.1) is 6.54 Å². The van der Waals surface area contributed by atoms with E-state index in [-0.39, 0.29) is 11.8 Å². The van der Waals surface area contributed by atoms with E-state index in [0.717, 1.165) is 32.5 Å². The van der Waals surface area contributed by atoms with Gasteiger partial charge in [-0.05, 0) is 25.9 Å². The molecule has 17 heavy (non-hydrogen) atoms. The van der Waals surface area contributed by atoms with E-state index in [1.54, 1.807) is 0 Å². The zero-order valence-corrected chi connectivity index (χ0v) is 10.6. The van der Waals surface area contributed by atoms with Crippen LogP contribution in [0.2, 0.25) is 0 Å². The number of hydrazine groups is 1. The molecule has 0 aromatic rings. The van der Waals surface area contributed by atoms with Crippen molar-refractivity contribution in [1.29, 1.82) is 0 Å². The van der Waals surface area contributed by atoms with Crippen LogP contribution in [0.5, 0.6) is 0 Å². The van der Waals surface area contributed by atoms with Crippen molar-refractivity contribution in [3.63, 3.8) is 0 Å². The minimum atomic E-state index is -0.263. The predicted octanol–water partition coefficient (Wildman–Crippen LogP) is -0.772. The number of hydrogen-bond acceptors (Lipinski definition) is 4. The molecule has 2 amide bonds. The molecule has 1 aliphatic rings. The van der Waals surface area contributed by atoms with Crippen molar-refractivity contribution >= 4 is 11.8 Å². The molecule has 98 valence electrons. The quantitative estimate of drug-likeness (QED) is 0.566. The monoisotopic (exact) mass is 242 g/mol. The Bertz CT molecular complexity index is 264. The van der Waals surface area contributed by atoms with Crippen LogP contribution in [0.25, 0.3) is 0 Å². The van der Waals surface area contributed by atoms with Gasteiger partial charge in [0.2, 0.25) is 5.91 Å².